The summed E-state index contributed by atoms with van der Waals surface area (Å²) in [6.45, 7) is 2.81. The van der Waals surface area contributed by atoms with E-state index >= 15 is 0 Å². The topological polar surface area (TPSA) is 50.2 Å². The molecule has 1 aliphatic rings. The second-order valence-electron chi connectivity index (χ2n) is 4.42. The highest BCUT2D eigenvalue weighted by atomic mass is 15.3. The van der Waals surface area contributed by atoms with Crippen LogP contribution in [0.5, 0.6) is 0 Å². The number of pyridine rings is 2. The minimum Gasteiger partial charge on any atom is -0.308 e. The van der Waals surface area contributed by atoms with Gasteiger partial charge < -0.3 is 5.43 Å². The fourth-order valence-electron chi connectivity index (χ4n) is 2.54. The predicted molar refractivity (Wildman–Crippen MR) is 70.4 cm³/mol. The van der Waals surface area contributed by atoms with Gasteiger partial charge in [0, 0.05) is 24.8 Å². The van der Waals surface area contributed by atoms with E-state index < -0.39 is 0 Å². The maximum Gasteiger partial charge on any atom is 0.0804 e. The van der Waals surface area contributed by atoms with Gasteiger partial charge in [0.15, 0.2) is 0 Å². The maximum atomic E-state index is 4.36. The van der Waals surface area contributed by atoms with Crippen LogP contribution < -0.4 is 5.43 Å². The lowest BCUT2D eigenvalue weighted by molar-refractivity contribution is 0.648. The Balaban J connectivity index is 2.21. The Bertz CT molecular complexity index is 523. The summed E-state index contributed by atoms with van der Waals surface area (Å²) >= 11 is 0. The van der Waals surface area contributed by atoms with Gasteiger partial charge in [-0.05, 0) is 36.2 Å². The maximum absolute atomic E-state index is 4.36. The molecule has 1 aliphatic heterocycles. The normalized spacial score (nSPS) is 22.4. The van der Waals surface area contributed by atoms with Crippen molar-refractivity contribution in [3.63, 3.8) is 0 Å². The predicted octanol–water partition coefficient (Wildman–Crippen LogP) is 1.74. The number of nitrogens with zero attached hydrogens (tertiary/aromatic N) is 3. The van der Waals surface area contributed by atoms with Gasteiger partial charge >= 0.3 is 0 Å². The van der Waals surface area contributed by atoms with E-state index in [9.17, 15) is 0 Å². The van der Waals surface area contributed by atoms with E-state index in [4.69, 9.17) is 0 Å². The zero-order valence-corrected chi connectivity index (χ0v) is 10.2. The molecule has 0 fully saturated rings. The van der Waals surface area contributed by atoms with Gasteiger partial charge in [-0.3, -0.25) is 9.97 Å². The van der Waals surface area contributed by atoms with Crippen molar-refractivity contribution in [1.29, 1.82) is 0 Å². The average Bonchev–Trinajstić information content (AvgIpc) is 2.84. The van der Waals surface area contributed by atoms with E-state index in [1.54, 1.807) is 6.20 Å². The Kier molecular flexibility index (Phi) is 2.55. The summed E-state index contributed by atoms with van der Waals surface area (Å²) in [7, 11) is 0. The van der Waals surface area contributed by atoms with E-state index in [1.165, 1.54) is 5.56 Å². The average molecular weight is 238 g/mol. The fourth-order valence-corrected chi connectivity index (χ4v) is 2.54. The molecule has 4 heteroatoms. The smallest absolute Gasteiger partial charge is 0.0804 e. The van der Waals surface area contributed by atoms with Crippen LogP contribution in [0.4, 0.5) is 0 Å². The number of aromatic nitrogens is 2. The Morgan fingerprint density at radius 3 is 2.50 bits per heavy atom. The molecule has 0 spiro atoms. The van der Waals surface area contributed by atoms with Crippen molar-refractivity contribution in [3.05, 3.63) is 60.2 Å². The molecule has 0 aliphatic carbocycles. The Hall–Kier alpha value is -2.23. The Labute approximate surface area is 106 Å². The third kappa shape index (κ3) is 1.49. The highest BCUT2D eigenvalue weighted by Gasteiger charge is 2.40. The van der Waals surface area contributed by atoms with Crippen LogP contribution in [0.1, 0.15) is 18.1 Å². The third-order valence-corrected chi connectivity index (χ3v) is 3.54. The number of hydrazone groups is 1. The molecule has 2 aromatic rings. The van der Waals surface area contributed by atoms with Gasteiger partial charge in [-0.15, -0.1) is 0 Å². The number of hydrogen-bond donors (Lipinski definition) is 1. The zero-order valence-electron chi connectivity index (χ0n) is 10.2. The van der Waals surface area contributed by atoms with Crippen LogP contribution in [0.15, 0.2) is 54.2 Å². The van der Waals surface area contributed by atoms with Crippen molar-refractivity contribution in [2.24, 2.45) is 5.10 Å². The molecule has 90 valence electrons. The van der Waals surface area contributed by atoms with Crippen LogP contribution in [0, 0.1) is 0 Å². The largest absolute Gasteiger partial charge is 0.308 e. The Morgan fingerprint density at radius 1 is 1.06 bits per heavy atom. The number of nitrogens with one attached hydrogen (secondary N) is 1. The summed E-state index contributed by atoms with van der Waals surface area (Å²) in [6.07, 6.45) is 7.34. The quantitative estimate of drug-likeness (QED) is 0.867. The number of hydrogen-bond acceptors (Lipinski definition) is 4. The van der Waals surface area contributed by atoms with Crippen molar-refractivity contribution in [1.82, 2.24) is 15.4 Å². The summed E-state index contributed by atoms with van der Waals surface area (Å²) in [5.41, 5.74) is 6.28. The molecule has 0 amide bonds. The van der Waals surface area contributed by atoms with Gasteiger partial charge in [-0.2, -0.15) is 5.10 Å². The summed E-state index contributed by atoms with van der Waals surface area (Å²) in [5, 5.41) is 4.36. The first-order valence-corrected chi connectivity index (χ1v) is 5.93. The minimum atomic E-state index is -0.225. The van der Waals surface area contributed by atoms with Gasteiger partial charge in [0.05, 0.1) is 17.7 Å². The van der Waals surface area contributed by atoms with E-state index in [0.717, 1.165) is 17.8 Å². The van der Waals surface area contributed by atoms with E-state index in [2.05, 4.69) is 26.6 Å². The SMILES string of the molecule is CC1=NNCC1(c1ccncc1)c1cccnc1. The lowest BCUT2D eigenvalue weighted by Gasteiger charge is -2.29. The molecule has 1 unspecified atom stereocenters. The second-order valence-corrected chi connectivity index (χ2v) is 4.42. The minimum absolute atomic E-state index is 0.225. The fraction of sp³-hybridized carbons (Fsp3) is 0.214. The first kappa shape index (κ1) is 10.9. The molecule has 2 aromatic heterocycles. The molecule has 0 bridgehead atoms. The van der Waals surface area contributed by atoms with Crippen LogP contribution in [0.3, 0.4) is 0 Å². The van der Waals surface area contributed by atoms with Gasteiger partial charge in [-0.25, -0.2) is 0 Å². The molecule has 1 atom stereocenters. The highest BCUT2D eigenvalue weighted by Crippen LogP contribution is 2.35. The van der Waals surface area contributed by atoms with Crippen molar-refractivity contribution in [2.45, 2.75) is 12.3 Å². The van der Waals surface area contributed by atoms with Crippen molar-refractivity contribution >= 4 is 5.71 Å². The van der Waals surface area contributed by atoms with E-state index in [-0.39, 0.29) is 5.41 Å². The van der Waals surface area contributed by atoms with E-state index in [1.807, 2.05) is 43.7 Å². The summed E-state index contributed by atoms with van der Waals surface area (Å²) < 4.78 is 0. The van der Waals surface area contributed by atoms with Crippen LogP contribution >= 0.6 is 0 Å². The van der Waals surface area contributed by atoms with Gasteiger partial charge in [0.25, 0.3) is 0 Å². The van der Waals surface area contributed by atoms with Crippen molar-refractivity contribution in [3.8, 4) is 0 Å². The molecule has 3 rings (SSSR count). The van der Waals surface area contributed by atoms with E-state index in [0.29, 0.717) is 0 Å². The number of rotatable bonds is 2. The summed E-state index contributed by atoms with van der Waals surface area (Å²) in [4.78, 5) is 8.33. The second kappa shape index (κ2) is 4.22. The molecular weight excluding hydrogens is 224 g/mol. The summed E-state index contributed by atoms with van der Waals surface area (Å²) in [6, 6.07) is 8.14. The molecule has 0 saturated heterocycles. The monoisotopic (exact) mass is 238 g/mol. The van der Waals surface area contributed by atoms with Crippen LogP contribution in [0.2, 0.25) is 0 Å². The van der Waals surface area contributed by atoms with Crippen LogP contribution in [-0.2, 0) is 5.41 Å². The molecule has 4 nitrogen and oxygen atoms in total. The standard InChI is InChI=1S/C14H14N4/c1-11-14(10-17-18-11,12-4-7-15-8-5-12)13-3-2-6-16-9-13/h2-9,17H,10H2,1H3. The van der Waals surface area contributed by atoms with Crippen LogP contribution in [0.25, 0.3) is 0 Å². The molecular formula is C14H14N4. The third-order valence-electron chi connectivity index (χ3n) is 3.54. The molecule has 1 N–H and O–H groups in total. The van der Waals surface area contributed by atoms with Crippen LogP contribution in [-0.4, -0.2) is 22.2 Å². The lowest BCUT2D eigenvalue weighted by Crippen LogP contribution is -2.37. The zero-order chi connectivity index (χ0) is 12.4. The molecule has 0 radical (unpaired) electrons. The first-order valence-electron chi connectivity index (χ1n) is 5.93. The van der Waals surface area contributed by atoms with Gasteiger partial charge in [-0.1, -0.05) is 6.07 Å². The molecule has 3 heterocycles. The highest BCUT2D eigenvalue weighted by molar-refractivity contribution is 5.97. The molecule has 18 heavy (non-hydrogen) atoms. The van der Waals surface area contributed by atoms with Gasteiger partial charge in [0.1, 0.15) is 0 Å². The first-order chi connectivity index (χ1) is 8.84. The lowest BCUT2D eigenvalue weighted by atomic mass is 9.73. The van der Waals surface area contributed by atoms with Gasteiger partial charge in [0.2, 0.25) is 0 Å². The molecule has 0 aromatic carbocycles. The van der Waals surface area contributed by atoms with Crippen molar-refractivity contribution in [2.75, 3.05) is 6.54 Å². The Morgan fingerprint density at radius 2 is 1.89 bits per heavy atom. The summed E-state index contributed by atoms with van der Waals surface area (Å²) in [5.74, 6) is 0. The van der Waals surface area contributed by atoms with Crippen molar-refractivity contribution < 1.29 is 0 Å². The molecule has 0 saturated carbocycles.